The van der Waals surface area contributed by atoms with Gasteiger partial charge in [0.1, 0.15) is 11.8 Å². The van der Waals surface area contributed by atoms with Gasteiger partial charge in [0.15, 0.2) is 0 Å². The zero-order valence-corrected chi connectivity index (χ0v) is 18.7. The maximum absolute atomic E-state index is 12.6. The van der Waals surface area contributed by atoms with Crippen molar-refractivity contribution in [3.8, 4) is 28.6 Å². The fourth-order valence-corrected chi connectivity index (χ4v) is 3.57. The number of nitrogens with zero attached hydrogens (tertiary/aromatic N) is 5. The molecule has 0 saturated heterocycles. The molecule has 34 heavy (non-hydrogen) atoms. The molecule has 0 bridgehead atoms. The monoisotopic (exact) mass is 475 g/mol. The summed E-state index contributed by atoms with van der Waals surface area (Å²) in [4.78, 5) is 22.9. The first-order valence-electron chi connectivity index (χ1n) is 10.2. The number of carbonyl (C=O) groups is 1. The second-order valence-corrected chi connectivity index (χ2v) is 7.98. The van der Waals surface area contributed by atoms with E-state index in [0.29, 0.717) is 34.1 Å². The number of H-pyrrole nitrogens is 1. The number of benzene rings is 2. The number of nitrogens with one attached hydrogen (secondary N) is 2. The molecule has 170 valence electrons. The van der Waals surface area contributed by atoms with Gasteiger partial charge in [0.2, 0.25) is 0 Å². The average Bonchev–Trinajstić information content (AvgIpc) is 3.49. The first-order chi connectivity index (χ1) is 16.3. The molecule has 0 aliphatic rings. The Morgan fingerprint density at radius 3 is 2.62 bits per heavy atom. The van der Waals surface area contributed by atoms with Gasteiger partial charge in [-0.15, -0.1) is 0 Å². The first-order valence-corrected chi connectivity index (χ1v) is 10.6. The van der Waals surface area contributed by atoms with Crippen LogP contribution in [-0.2, 0) is 6.54 Å². The second-order valence-electron chi connectivity index (χ2n) is 7.57. The number of nitriles is 1. The lowest BCUT2D eigenvalue weighted by Gasteiger charge is -2.13. The van der Waals surface area contributed by atoms with Crippen LogP contribution >= 0.6 is 11.6 Å². The van der Waals surface area contributed by atoms with Gasteiger partial charge in [0.25, 0.3) is 11.6 Å². The fourth-order valence-electron chi connectivity index (χ4n) is 3.35. The summed E-state index contributed by atoms with van der Waals surface area (Å²) in [6.07, 6.45) is 1.80. The number of non-ortho nitro benzene ring substituents is 1. The highest BCUT2D eigenvalue weighted by atomic mass is 35.5. The Balaban J connectivity index is 1.38. The number of carbonyl (C=O) groups excluding carboxylic acids is 1. The maximum Gasteiger partial charge on any atom is 0.269 e. The number of aromatic nitrogens is 4. The van der Waals surface area contributed by atoms with E-state index in [9.17, 15) is 14.9 Å². The number of nitro groups is 1. The van der Waals surface area contributed by atoms with Crippen molar-refractivity contribution >= 4 is 23.2 Å². The zero-order valence-electron chi connectivity index (χ0n) is 17.9. The molecule has 0 unspecified atom stereocenters. The predicted octanol–water partition coefficient (Wildman–Crippen LogP) is 4.19. The van der Waals surface area contributed by atoms with Crippen LogP contribution in [0.15, 0.2) is 60.8 Å². The van der Waals surface area contributed by atoms with Gasteiger partial charge in [-0.1, -0.05) is 17.7 Å². The molecule has 0 radical (unpaired) electrons. The Morgan fingerprint density at radius 2 is 1.94 bits per heavy atom. The minimum Gasteiger partial charge on any atom is -0.346 e. The van der Waals surface area contributed by atoms with Crippen molar-refractivity contribution in [2.75, 3.05) is 0 Å². The SMILES string of the molecule is C[C@@H](Cn1ccc(-c2ccc(C#N)c(Cl)c2)n1)NC(=O)c1cc(-c2ccc([N+](=O)[O-])cc2)n[nH]1. The smallest absolute Gasteiger partial charge is 0.269 e. The molecule has 4 aromatic rings. The van der Waals surface area contributed by atoms with Crippen LogP contribution in [-0.4, -0.2) is 36.9 Å². The summed E-state index contributed by atoms with van der Waals surface area (Å²) in [5, 5.41) is 34.4. The molecule has 0 spiro atoms. The number of halogens is 1. The Kier molecular flexibility index (Phi) is 6.38. The molecule has 11 heteroatoms. The van der Waals surface area contributed by atoms with Crippen LogP contribution in [0.1, 0.15) is 23.0 Å². The van der Waals surface area contributed by atoms with Gasteiger partial charge in [-0.2, -0.15) is 15.5 Å². The third-order valence-electron chi connectivity index (χ3n) is 5.06. The lowest BCUT2D eigenvalue weighted by Crippen LogP contribution is -2.36. The minimum atomic E-state index is -0.476. The van der Waals surface area contributed by atoms with Crippen molar-refractivity contribution in [3.05, 3.63) is 87.2 Å². The van der Waals surface area contributed by atoms with Gasteiger partial charge in [-0.25, -0.2) is 0 Å². The molecule has 0 saturated carbocycles. The zero-order chi connectivity index (χ0) is 24.2. The van der Waals surface area contributed by atoms with Gasteiger partial charge in [-0.3, -0.25) is 24.7 Å². The Hall–Kier alpha value is -4.49. The predicted molar refractivity (Wildman–Crippen MR) is 125 cm³/mol. The molecule has 2 aromatic carbocycles. The van der Waals surface area contributed by atoms with Gasteiger partial charge >= 0.3 is 0 Å². The van der Waals surface area contributed by atoms with Crippen molar-refractivity contribution in [3.63, 3.8) is 0 Å². The van der Waals surface area contributed by atoms with Crippen LogP contribution in [0, 0.1) is 21.4 Å². The van der Waals surface area contributed by atoms with Crippen molar-refractivity contribution in [2.24, 2.45) is 0 Å². The third-order valence-corrected chi connectivity index (χ3v) is 5.37. The van der Waals surface area contributed by atoms with Crippen LogP contribution in [0.5, 0.6) is 0 Å². The summed E-state index contributed by atoms with van der Waals surface area (Å²) in [5.74, 6) is -0.334. The van der Waals surface area contributed by atoms with Crippen molar-refractivity contribution in [1.29, 1.82) is 5.26 Å². The van der Waals surface area contributed by atoms with E-state index in [1.54, 1.807) is 47.3 Å². The Bertz CT molecular complexity index is 1400. The van der Waals surface area contributed by atoms with E-state index in [1.807, 2.05) is 19.1 Å². The van der Waals surface area contributed by atoms with Crippen molar-refractivity contribution in [2.45, 2.75) is 19.5 Å². The summed E-state index contributed by atoms with van der Waals surface area (Å²) in [6.45, 7) is 2.28. The van der Waals surface area contributed by atoms with Crippen LogP contribution in [0.25, 0.3) is 22.5 Å². The highest BCUT2D eigenvalue weighted by molar-refractivity contribution is 6.32. The molecule has 2 N–H and O–H groups in total. The second kappa shape index (κ2) is 9.56. The van der Waals surface area contributed by atoms with E-state index in [1.165, 1.54) is 12.1 Å². The summed E-state index contributed by atoms with van der Waals surface area (Å²) in [7, 11) is 0. The summed E-state index contributed by atoms with van der Waals surface area (Å²) >= 11 is 6.11. The third kappa shape index (κ3) is 4.95. The van der Waals surface area contributed by atoms with Crippen LogP contribution < -0.4 is 5.32 Å². The van der Waals surface area contributed by atoms with E-state index in [0.717, 1.165) is 5.56 Å². The summed E-state index contributed by atoms with van der Waals surface area (Å²) in [5.41, 5.74) is 3.30. The number of rotatable bonds is 7. The molecule has 4 rings (SSSR count). The largest absolute Gasteiger partial charge is 0.346 e. The molecule has 1 amide bonds. The fraction of sp³-hybridized carbons (Fsp3) is 0.130. The van der Waals surface area contributed by atoms with Gasteiger partial charge in [0.05, 0.1) is 33.4 Å². The molecule has 10 nitrogen and oxygen atoms in total. The van der Waals surface area contributed by atoms with Gasteiger partial charge in [0, 0.05) is 35.5 Å². The van der Waals surface area contributed by atoms with Crippen LogP contribution in [0.4, 0.5) is 5.69 Å². The molecule has 0 aliphatic heterocycles. The van der Waals surface area contributed by atoms with E-state index in [-0.39, 0.29) is 23.3 Å². The standard InChI is InChI=1S/C23H18ClN7O3/c1-14(13-30-9-8-20(29-30)16-2-3-17(12-25)19(24)10-16)26-23(32)22-11-21(27-28-22)15-4-6-18(7-5-15)31(33)34/h2-11,14H,13H2,1H3,(H,26,32)(H,27,28)/t14-/m0/s1. The van der Waals surface area contributed by atoms with E-state index in [2.05, 4.69) is 20.6 Å². The Morgan fingerprint density at radius 1 is 1.21 bits per heavy atom. The number of nitro benzene ring substituents is 1. The van der Waals surface area contributed by atoms with Crippen molar-refractivity contribution < 1.29 is 9.72 Å². The normalized spacial score (nSPS) is 11.6. The average molecular weight is 476 g/mol. The lowest BCUT2D eigenvalue weighted by atomic mass is 10.1. The van der Waals surface area contributed by atoms with E-state index >= 15 is 0 Å². The maximum atomic E-state index is 12.6. The van der Waals surface area contributed by atoms with Crippen molar-refractivity contribution in [1.82, 2.24) is 25.3 Å². The molecular weight excluding hydrogens is 458 g/mol. The molecular formula is C23H18ClN7O3. The number of hydrogen-bond donors (Lipinski definition) is 2. The molecule has 0 aliphatic carbocycles. The summed E-state index contributed by atoms with van der Waals surface area (Å²) < 4.78 is 1.71. The molecule has 1 atom stereocenters. The highest BCUT2D eigenvalue weighted by Gasteiger charge is 2.15. The number of aromatic amines is 1. The number of hydrogen-bond acceptors (Lipinski definition) is 6. The van der Waals surface area contributed by atoms with Gasteiger partial charge in [-0.05, 0) is 43.3 Å². The molecule has 2 aromatic heterocycles. The number of amides is 1. The van der Waals surface area contributed by atoms with E-state index < -0.39 is 4.92 Å². The molecule has 0 fully saturated rings. The quantitative estimate of drug-likeness (QED) is 0.303. The summed E-state index contributed by atoms with van der Waals surface area (Å²) in [6, 6.07) is 16.3. The van der Waals surface area contributed by atoms with Crippen LogP contribution in [0.3, 0.4) is 0 Å². The van der Waals surface area contributed by atoms with E-state index in [4.69, 9.17) is 16.9 Å². The topological polar surface area (TPSA) is 143 Å². The van der Waals surface area contributed by atoms with Crippen LogP contribution in [0.2, 0.25) is 5.02 Å². The highest BCUT2D eigenvalue weighted by Crippen LogP contribution is 2.24. The lowest BCUT2D eigenvalue weighted by molar-refractivity contribution is -0.384. The Labute approximate surface area is 198 Å². The van der Waals surface area contributed by atoms with Gasteiger partial charge < -0.3 is 5.32 Å². The minimum absolute atomic E-state index is 0.0184. The molecule has 2 heterocycles. The first kappa shape index (κ1) is 22.7.